The first kappa shape index (κ1) is 20.7. The molecule has 2 fully saturated rings. The van der Waals surface area contributed by atoms with E-state index in [1.807, 2.05) is 0 Å². The van der Waals surface area contributed by atoms with E-state index < -0.39 is 21.0 Å². The van der Waals surface area contributed by atoms with Crippen molar-refractivity contribution in [2.75, 3.05) is 0 Å². The van der Waals surface area contributed by atoms with Gasteiger partial charge in [-0.15, -0.1) is 0 Å². The fraction of sp³-hybridized carbons (Fsp3) is 1.00. The lowest BCUT2D eigenvalue weighted by Crippen LogP contribution is -2.57. The van der Waals surface area contributed by atoms with Crippen LogP contribution in [0.15, 0.2) is 0 Å². The van der Waals surface area contributed by atoms with Gasteiger partial charge in [-0.2, -0.15) is 0 Å². The number of hydrogen-bond acceptors (Lipinski definition) is 5. The maximum absolute atomic E-state index is 7.87. The van der Waals surface area contributed by atoms with Gasteiger partial charge in [0.25, 0.3) is 0 Å². The summed E-state index contributed by atoms with van der Waals surface area (Å²) < 4.78 is 8.15. The zero-order valence-corrected chi connectivity index (χ0v) is 18.1. The molecule has 0 saturated heterocycles. The molecule has 2 aliphatic carbocycles. The van der Waals surface area contributed by atoms with Crippen LogP contribution in [0.2, 0.25) is 0 Å². The van der Waals surface area contributed by atoms with Crippen molar-refractivity contribution in [3.8, 4) is 0 Å². The van der Waals surface area contributed by atoms with Crippen LogP contribution in [0.25, 0.3) is 0 Å². The maximum atomic E-state index is 7.87. The van der Waals surface area contributed by atoms with E-state index in [1.54, 1.807) is 0 Å². The second kappa shape index (κ2) is 8.84. The Balaban J connectivity index is 1.74. The highest BCUT2D eigenvalue weighted by molar-refractivity contribution is 14.2. The first-order chi connectivity index (χ1) is 11.3. The van der Waals surface area contributed by atoms with E-state index in [4.69, 9.17) is 9.40 Å². The lowest BCUT2D eigenvalue weighted by molar-refractivity contribution is 0.139. The van der Waals surface area contributed by atoms with Crippen molar-refractivity contribution in [3.63, 3.8) is 0 Å². The standard InChI is InChI=1S/C18H38IN5/c1-17(2,19-20)13-5-11-16(12-6-13)23-24-18(3,4)14-7-9-15(22-21)10-8-14/h13-16,20,22-24H,5-12,21H2,1-4H3. The zero-order valence-electron chi connectivity index (χ0n) is 15.9. The fourth-order valence-corrected chi connectivity index (χ4v) is 5.44. The molecule has 0 unspecified atom stereocenters. The summed E-state index contributed by atoms with van der Waals surface area (Å²) in [6.45, 7) is 9.28. The van der Waals surface area contributed by atoms with Gasteiger partial charge in [-0.3, -0.25) is 25.7 Å². The molecule has 0 aromatic heterocycles. The van der Waals surface area contributed by atoms with Gasteiger partial charge in [0, 0.05) is 21.0 Å². The molecule has 0 aliphatic heterocycles. The Hall–Kier alpha value is 0.370. The number of alkyl halides is 1. The Morgan fingerprint density at radius 2 is 1.33 bits per heavy atom. The van der Waals surface area contributed by atoms with Gasteiger partial charge in [0.2, 0.25) is 0 Å². The Labute approximate surface area is 158 Å². The Morgan fingerprint density at radius 1 is 0.833 bits per heavy atom. The molecule has 0 aromatic rings. The van der Waals surface area contributed by atoms with E-state index in [2.05, 4.69) is 44.0 Å². The molecule has 0 atom stereocenters. The maximum Gasteiger partial charge on any atom is 0.0307 e. The molecule has 5 nitrogen and oxygen atoms in total. The third-order valence-electron chi connectivity index (χ3n) is 6.52. The first-order valence-corrected chi connectivity index (χ1v) is 11.7. The highest BCUT2D eigenvalue weighted by Gasteiger charge is 2.35. The van der Waals surface area contributed by atoms with Gasteiger partial charge in [-0.1, -0.05) is 0 Å². The number of nitrogens with two attached hydrogens (primary N) is 1. The third kappa shape index (κ3) is 5.43. The minimum absolute atomic E-state index is 0.127. The van der Waals surface area contributed by atoms with Crippen LogP contribution >= 0.6 is 21.0 Å². The number of hydrazine groups is 2. The largest absolute Gasteiger partial charge is 0.278 e. The summed E-state index contributed by atoms with van der Waals surface area (Å²) in [4.78, 5) is 0. The van der Waals surface area contributed by atoms with Crippen molar-refractivity contribution in [3.05, 3.63) is 0 Å². The summed E-state index contributed by atoms with van der Waals surface area (Å²) in [5, 5.41) is 0. The molecular formula is C18H38IN5. The molecule has 142 valence electrons. The molecule has 6 N–H and O–H groups in total. The van der Waals surface area contributed by atoms with Crippen LogP contribution in [0.3, 0.4) is 0 Å². The molecule has 24 heavy (non-hydrogen) atoms. The summed E-state index contributed by atoms with van der Waals surface area (Å²) in [6, 6.07) is 1.09. The summed E-state index contributed by atoms with van der Waals surface area (Å²) in [5.74, 6) is 7.04. The van der Waals surface area contributed by atoms with Gasteiger partial charge in [0.1, 0.15) is 0 Å². The number of nitrogens with one attached hydrogen (secondary N) is 4. The third-order valence-corrected chi connectivity index (χ3v) is 8.79. The monoisotopic (exact) mass is 451 g/mol. The minimum atomic E-state index is -0.421. The van der Waals surface area contributed by atoms with Crippen molar-refractivity contribution in [2.24, 2.45) is 17.7 Å². The van der Waals surface area contributed by atoms with E-state index in [0.717, 1.165) is 5.92 Å². The van der Waals surface area contributed by atoms with Crippen LogP contribution in [0.5, 0.6) is 0 Å². The van der Waals surface area contributed by atoms with Crippen molar-refractivity contribution in [1.82, 2.24) is 16.3 Å². The molecule has 2 aliphatic rings. The molecule has 0 spiro atoms. The summed E-state index contributed by atoms with van der Waals surface area (Å²) in [6.07, 6.45) is 9.88. The van der Waals surface area contributed by atoms with Crippen LogP contribution in [-0.2, 0) is 0 Å². The smallest absolute Gasteiger partial charge is 0.0307 e. The van der Waals surface area contributed by atoms with E-state index in [1.165, 1.54) is 51.4 Å². The van der Waals surface area contributed by atoms with Gasteiger partial charge in [0.05, 0.1) is 0 Å². The Morgan fingerprint density at radius 3 is 1.83 bits per heavy atom. The number of rotatable bonds is 7. The predicted octanol–water partition coefficient (Wildman–Crippen LogP) is 3.95. The van der Waals surface area contributed by atoms with Crippen molar-refractivity contribution in [1.29, 1.82) is 3.56 Å². The van der Waals surface area contributed by atoms with Crippen molar-refractivity contribution >= 4 is 21.0 Å². The molecule has 0 heterocycles. The quantitative estimate of drug-likeness (QED) is 0.176. The van der Waals surface area contributed by atoms with Crippen LogP contribution < -0.4 is 22.1 Å². The van der Waals surface area contributed by atoms with Gasteiger partial charge in [-0.25, -0.2) is 0 Å². The average molecular weight is 451 g/mol. The highest BCUT2D eigenvalue weighted by Crippen LogP contribution is 2.40. The van der Waals surface area contributed by atoms with Crippen LogP contribution in [0.1, 0.15) is 79.1 Å². The van der Waals surface area contributed by atoms with Gasteiger partial charge < -0.3 is 0 Å². The number of halogens is 1. The van der Waals surface area contributed by atoms with Gasteiger partial charge >= 0.3 is 0 Å². The van der Waals surface area contributed by atoms with Crippen molar-refractivity contribution in [2.45, 2.75) is 100 Å². The predicted molar refractivity (Wildman–Crippen MR) is 110 cm³/mol. The van der Waals surface area contributed by atoms with Crippen LogP contribution in [0, 0.1) is 15.4 Å². The molecule has 2 saturated carbocycles. The van der Waals surface area contributed by atoms with E-state index in [-0.39, 0.29) is 8.96 Å². The molecule has 0 amide bonds. The second-order valence-electron chi connectivity index (χ2n) is 8.91. The van der Waals surface area contributed by atoms with Crippen molar-refractivity contribution < 1.29 is 0 Å². The summed E-state index contributed by atoms with van der Waals surface area (Å²) in [5.41, 5.74) is 10.4. The molecule has 0 aromatic carbocycles. The van der Waals surface area contributed by atoms with Crippen LogP contribution in [-0.4, -0.2) is 21.0 Å². The summed E-state index contributed by atoms with van der Waals surface area (Å²) in [7, 11) is 0. The van der Waals surface area contributed by atoms with E-state index in [9.17, 15) is 0 Å². The summed E-state index contributed by atoms with van der Waals surface area (Å²) >= 11 is -0.421. The van der Waals surface area contributed by atoms with E-state index in [0.29, 0.717) is 18.0 Å². The topological polar surface area (TPSA) is 86.0 Å². The molecule has 0 bridgehead atoms. The SMILES string of the molecule is CC(C)(NNC1CCC(C(C)(C)I=N)CC1)C1CCC(NN)CC1. The number of hydrogen-bond donors (Lipinski definition) is 5. The van der Waals surface area contributed by atoms with E-state index >= 15 is 0 Å². The fourth-order valence-electron chi connectivity index (χ4n) is 4.37. The van der Waals surface area contributed by atoms with Gasteiger partial charge in [0.15, 0.2) is 0 Å². The normalized spacial score (nSPS) is 32.7. The lowest BCUT2D eigenvalue weighted by atomic mass is 9.75. The molecule has 0 radical (unpaired) electrons. The van der Waals surface area contributed by atoms with Crippen LogP contribution in [0.4, 0.5) is 0 Å². The first-order valence-electron chi connectivity index (χ1n) is 9.59. The Bertz CT molecular complexity index is 396. The minimum Gasteiger partial charge on any atom is -0.278 e. The molecule has 2 rings (SSSR count). The molecule has 6 heteroatoms. The zero-order chi connectivity index (χ0) is 17.8. The highest BCUT2D eigenvalue weighted by atomic mass is 127. The van der Waals surface area contributed by atoms with Gasteiger partial charge in [-0.05, 0) is 112 Å². The Kier molecular flexibility index (Phi) is 7.62. The second-order valence-corrected chi connectivity index (χ2v) is 12.2. The lowest BCUT2D eigenvalue weighted by Gasteiger charge is -2.42. The average Bonchev–Trinajstić information content (AvgIpc) is 2.60. The molecular weight excluding hydrogens is 413 g/mol.